The molecule has 0 spiro atoms. The summed E-state index contributed by atoms with van der Waals surface area (Å²) in [7, 11) is 0. The number of carbonyl (C=O) groups excluding carboxylic acids is 1. The first-order chi connectivity index (χ1) is 17.2. The third-order valence-corrected chi connectivity index (χ3v) is 7.06. The molecule has 196 valence electrons. The highest BCUT2D eigenvalue weighted by Crippen LogP contribution is 2.25. The van der Waals surface area contributed by atoms with Gasteiger partial charge in [-0.3, -0.25) is 4.79 Å². The van der Waals surface area contributed by atoms with Crippen LogP contribution in [0.4, 0.5) is 0 Å². The summed E-state index contributed by atoms with van der Waals surface area (Å²) in [5.41, 5.74) is 0. The molecule has 0 fully saturated rings. The number of benzene rings is 1. The molecule has 1 heterocycles. The number of unbranched alkanes of at least 4 members (excludes halogenated alkanes) is 15. The van der Waals surface area contributed by atoms with E-state index in [1.54, 1.807) is 12.1 Å². The van der Waals surface area contributed by atoms with Crippen molar-refractivity contribution in [2.75, 3.05) is 6.54 Å². The van der Waals surface area contributed by atoms with Crippen LogP contribution < -0.4 is 10.1 Å². The van der Waals surface area contributed by atoms with Crippen LogP contribution in [0.3, 0.4) is 0 Å². The smallest absolute Gasteiger partial charge is 0.286 e. The molecule has 0 aliphatic carbocycles. The van der Waals surface area contributed by atoms with Crippen molar-refractivity contribution in [1.29, 1.82) is 0 Å². The average Bonchev–Trinajstić information content (AvgIpc) is 3.34. The van der Waals surface area contributed by atoms with Gasteiger partial charge in [0.2, 0.25) is 0 Å². The van der Waals surface area contributed by atoms with Crippen LogP contribution in [0.5, 0.6) is 5.75 Å². The number of nitrogens with one attached hydrogen (secondary N) is 1. The fourth-order valence-electron chi connectivity index (χ4n) is 4.25. The monoisotopic (exact) mass is 547 g/mol. The minimum absolute atomic E-state index is 0.155. The van der Waals surface area contributed by atoms with Crippen molar-refractivity contribution >= 4 is 21.8 Å². The first-order valence-electron chi connectivity index (χ1n) is 13.9. The Bertz CT molecular complexity index is 804. The number of halogens is 1. The van der Waals surface area contributed by atoms with Gasteiger partial charge >= 0.3 is 0 Å². The summed E-state index contributed by atoms with van der Waals surface area (Å²) < 4.78 is 12.3. The van der Waals surface area contributed by atoms with Crippen molar-refractivity contribution < 1.29 is 13.9 Å². The standard InChI is InChI=1S/C30H46BrNO3/c1-2-3-4-5-6-7-8-9-10-11-12-13-14-15-16-19-24-32-30(33)29-23-22-26(35-29)25-34-28-21-18-17-20-27(28)31/h17-18,20-23H,2-16,19,24-25H2,1H3,(H,32,33). The van der Waals surface area contributed by atoms with Gasteiger partial charge in [-0.05, 0) is 46.6 Å². The lowest BCUT2D eigenvalue weighted by molar-refractivity contribution is 0.0921. The summed E-state index contributed by atoms with van der Waals surface area (Å²) in [5.74, 6) is 1.57. The van der Waals surface area contributed by atoms with Crippen LogP contribution in [0.1, 0.15) is 126 Å². The number of amides is 1. The van der Waals surface area contributed by atoms with Gasteiger partial charge in [0.05, 0.1) is 4.47 Å². The molecule has 2 aromatic rings. The molecule has 0 saturated carbocycles. The van der Waals surface area contributed by atoms with Crippen molar-refractivity contribution in [3.63, 3.8) is 0 Å². The van der Waals surface area contributed by atoms with Crippen LogP contribution in [0, 0.1) is 0 Å². The fourth-order valence-corrected chi connectivity index (χ4v) is 4.65. The van der Waals surface area contributed by atoms with E-state index in [4.69, 9.17) is 9.15 Å². The summed E-state index contributed by atoms with van der Waals surface area (Å²) in [6.45, 7) is 3.26. The van der Waals surface area contributed by atoms with Gasteiger partial charge in [0.25, 0.3) is 5.91 Å². The second kappa shape index (κ2) is 19.4. The lowest BCUT2D eigenvalue weighted by atomic mass is 10.0. The molecule has 0 unspecified atom stereocenters. The number of furan rings is 1. The lowest BCUT2D eigenvalue weighted by Crippen LogP contribution is -2.23. The minimum atomic E-state index is -0.155. The molecular weight excluding hydrogens is 502 g/mol. The Morgan fingerprint density at radius 3 is 1.89 bits per heavy atom. The molecule has 1 aromatic heterocycles. The molecule has 1 N–H and O–H groups in total. The Morgan fingerprint density at radius 1 is 0.771 bits per heavy atom. The van der Waals surface area contributed by atoms with Crippen molar-refractivity contribution in [1.82, 2.24) is 5.32 Å². The number of rotatable bonds is 21. The summed E-state index contributed by atoms with van der Waals surface area (Å²) >= 11 is 3.46. The molecule has 0 atom stereocenters. The summed E-state index contributed by atoms with van der Waals surface area (Å²) in [5, 5.41) is 2.96. The maximum absolute atomic E-state index is 12.3. The van der Waals surface area contributed by atoms with Crippen molar-refractivity contribution in [2.24, 2.45) is 0 Å². The number of carbonyl (C=O) groups is 1. The quantitative estimate of drug-likeness (QED) is 0.158. The Kier molecular flexibility index (Phi) is 16.4. The predicted octanol–water partition coefficient (Wildman–Crippen LogP) is 9.61. The van der Waals surface area contributed by atoms with E-state index < -0.39 is 0 Å². The maximum atomic E-state index is 12.3. The van der Waals surface area contributed by atoms with Gasteiger partial charge in [0.1, 0.15) is 18.1 Å². The molecule has 5 heteroatoms. The fraction of sp³-hybridized carbons (Fsp3) is 0.633. The van der Waals surface area contributed by atoms with Gasteiger partial charge in [-0.25, -0.2) is 0 Å². The highest BCUT2D eigenvalue weighted by atomic mass is 79.9. The highest BCUT2D eigenvalue weighted by molar-refractivity contribution is 9.10. The largest absolute Gasteiger partial charge is 0.484 e. The molecule has 4 nitrogen and oxygen atoms in total. The van der Waals surface area contributed by atoms with Crippen LogP contribution in [0.2, 0.25) is 0 Å². The van der Waals surface area contributed by atoms with Crippen molar-refractivity contribution in [3.8, 4) is 5.75 Å². The van der Waals surface area contributed by atoms with E-state index in [-0.39, 0.29) is 12.5 Å². The van der Waals surface area contributed by atoms with E-state index in [1.165, 1.54) is 96.3 Å². The normalized spacial score (nSPS) is 11.0. The van der Waals surface area contributed by atoms with Crippen LogP contribution in [0.25, 0.3) is 0 Å². The molecule has 0 aliphatic rings. The average molecular weight is 549 g/mol. The van der Waals surface area contributed by atoms with Gasteiger partial charge in [0, 0.05) is 6.54 Å². The zero-order chi connectivity index (χ0) is 25.0. The number of hydrogen-bond donors (Lipinski definition) is 1. The summed E-state index contributed by atoms with van der Waals surface area (Å²) in [4.78, 5) is 12.3. The van der Waals surface area contributed by atoms with Gasteiger partial charge in [-0.15, -0.1) is 0 Å². The SMILES string of the molecule is CCCCCCCCCCCCCCCCCCNC(=O)c1ccc(COc2ccccc2Br)o1. The molecule has 1 amide bonds. The van der Waals surface area contributed by atoms with E-state index in [1.807, 2.05) is 24.3 Å². The zero-order valence-electron chi connectivity index (χ0n) is 21.8. The molecule has 1 aromatic carbocycles. The van der Waals surface area contributed by atoms with Gasteiger partial charge in [-0.2, -0.15) is 0 Å². The van der Waals surface area contributed by atoms with Crippen LogP contribution in [-0.2, 0) is 6.61 Å². The molecule has 0 aliphatic heterocycles. The molecule has 0 saturated heterocycles. The van der Waals surface area contributed by atoms with Gasteiger partial charge in [0.15, 0.2) is 5.76 Å². The number of hydrogen-bond acceptors (Lipinski definition) is 3. The van der Waals surface area contributed by atoms with E-state index >= 15 is 0 Å². The minimum Gasteiger partial charge on any atom is -0.484 e. The first kappa shape index (κ1) is 29.5. The van der Waals surface area contributed by atoms with Crippen LogP contribution in [0.15, 0.2) is 45.3 Å². The predicted molar refractivity (Wildman–Crippen MR) is 149 cm³/mol. The Balaban J connectivity index is 1.39. The molecule has 0 bridgehead atoms. The molecular formula is C30H46BrNO3. The van der Waals surface area contributed by atoms with E-state index in [9.17, 15) is 4.79 Å². The second-order valence-electron chi connectivity index (χ2n) is 9.54. The van der Waals surface area contributed by atoms with E-state index in [0.29, 0.717) is 18.1 Å². The lowest BCUT2D eigenvalue weighted by Gasteiger charge is -2.06. The third kappa shape index (κ3) is 13.8. The molecule has 0 radical (unpaired) electrons. The Morgan fingerprint density at radius 2 is 1.31 bits per heavy atom. The van der Waals surface area contributed by atoms with Gasteiger partial charge < -0.3 is 14.5 Å². The van der Waals surface area contributed by atoms with Crippen molar-refractivity contribution in [2.45, 2.75) is 116 Å². The van der Waals surface area contributed by atoms with Crippen molar-refractivity contribution in [3.05, 3.63) is 52.4 Å². The van der Waals surface area contributed by atoms with E-state index in [0.717, 1.165) is 16.6 Å². The maximum Gasteiger partial charge on any atom is 0.286 e. The van der Waals surface area contributed by atoms with Gasteiger partial charge in [-0.1, -0.05) is 115 Å². The Labute approximate surface area is 221 Å². The van der Waals surface area contributed by atoms with Crippen LogP contribution >= 0.6 is 15.9 Å². The number of para-hydroxylation sites is 1. The molecule has 35 heavy (non-hydrogen) atoms. The first-order valence-corrected chi connectivity index (χ1v) is 14.7. The summed E-state index contributed by atoms with van der Waals surface area (Å²) in [6.07, 6.45) is 21.6. The zero-order valence-corrected chi connectivity index (χ0v) is 23.4. The van der Waals surface area contributed by atoms with Crippen LogP contribution in [-0.4, -0.2) is 12.5 Å². The third-order valence-electron chi connectivity index (χ3n) is 6.41. The highest BCUT2D eigenvalue weighted by Gasteiger charge is 2.11. The summed E-state index contributed by atoms with van der Waals surface area (Å²) in [6, 6.07) is 11.2. The topological polar surface area (TPSA) is 51.5 Å². The van der Waals surface area contributed by atoms with E-state index in [2.05, 4.69) is 28.2 Å². The number of ether oxygens (including phenoxy) is 1. The Hall–Kier alpha value is -1.75. The molecule has 2 rings (SSSR count). The second-order valence-corrected chi connectivity index (χ2v) is 10.4.